The van der Waals surface area contributed by atoms with Crippen LogP contribution < -0.4 is 15.2 Å². The first-order valence-electron chi connectivity index (χ1n) is 7.19. The summed E-state index contributed by atoms with van der Waals surface area (Å²) in [4.78, 5) is 4.56. The molecule has 0 atom stereocenters. The lowest BCUT2D eigenvalue weighted by molar-refractivity contribution is 0.281. The summed E-state index contributed by atoms with van der Waals surface area (Å²) in [6.07, 6.45) is 2.97. The van der Waals surface area contributed by atoms with Crippen LogP contribution in [0.4, 0.5) is 0 Å². The van der Waals surface area contributed by atoms with Gasteiger partial charge in [0, 0.05) is 5.38 Å². The molecule has 5 heteroatoms. The number of thiazole rings is 1. The summed E-state index contributed by atoms with van der Waals surface area (Å²) in [7, 11) is 1.65. The summed E-state index contributed by atoms with van der Waals surface area (Å²) >= 11 is 1.69. The van der Waals surface area contributed by atoms with Gasteiger partial charge in [-0.2, -0.15) is 0 Å². The molecule has 2 N–H and O–H groups in total. The smallest absolute Gasteiger partial charge is 0.162 e. The molecule has 0 aliphatic heterocycles. The minimum atomic E-state index is 0.461. The van der Waals surface area contributed by atoms with Gasteiger partial charge in [-0.05, 0) is 43.5 Å². The van der Waals surface area contributed by atoms with Crippen molar-refractivity contribution >= 4 is 11.3 Å². The third-order valence-electron chi connectivity index (χ3n) is 3.10. The van der Waals surface area contributed by atoms with E-state index in [9.17, 15) is 0 Å². The van der Waals surface area contributed by atoms with Crippen LogP contribution >= 0.6 is 11.3 Å². The van der Waals surface area contributed by atoms with Gasteiger partial charge in [-0.1, -0.05) is 13.0 Å². The number of methoxy groups -OCH3 is 1. The topological polar surface area (TPSA) is 57.4 Å². The Bertz CT molecular complexity index is 569. The van der Waals surface area contributed by atoms with Gasteiger partial charge < -0.3 is 15.2 Å². The molecule has 0 unspecified atom stereocenters. The van der Waals surface area contributed by atoms with Gasteiger partial charge in [-0.25, -0.2) is 4.98 Å². The van der Waals surface area contributed by atoms with Crippen molar-refractivity contribution in [2.75, 3.05) is 13.7 Å². The number of nitrogens with zero attached hydrogens (tertiary/aromatic N) is 1. The molecule has 114 valence electrons. The molecule has 0 aliphatic rings. The van der Waals surface area contributed by atoms with E-state index in [0.29, 0.717) is 13.2 Å². The summed E-state index contributed by atoms with van der Waals surface area (Å²) in [5, 5.41) is 3.22. The van der Waals surface area contributed by atoms with Gasteiger partial charge >= 0.3 is 0 Å². The molecular formula is C16H22N2O2S. The van der Waals surface area contributed by atoms with E-state index in [0.717, 1.165) is 42.0 Å². The SMILES string of the molecule is CCCc1nc(COc2cc(CCN)ccc2OC)cs1. The molecule has 1 aromatic heterocycles. The van der Waals surface area contributed by atoms with Gasteiger partial charge in [0.15, 0.2) is 11.5 Å². The molecule has 21 heavy (non-hydrogen) atoms. The van der Waals surface area contributed by atoms with Crippen LogP contribution in [0.1, 0.15) is 29.6 Å². The van der Waals surface area contributed by atoms with Crippen LogP contribution in [0.2, 0.25) is 0 Å². The second kappa shape index (κ2) is 8.00. The zero-order valence-electron chi connectivity index (χ0n) is 12.6. The predicted molar refractivity (Wildman–Crippen MR) is 86.2 cm³/mol. The predicted octanol–water partition coefficient (Wildman–Crippen LogP) is 3.18. The highest BCUT2D eigenvalue weighted by atomic mass is 32.1. The number of hydrogen-bond donors (Lipinski definition) is 1. The van der Waals surface area contributed by atoms with Gasteiger partial charge in [-0.15, -0.1) is 11.3 Å². The average molecular weight is 306 g/mol. The molecule has 0 radical (unpaired) electrons. The van der Waals surface area contributed by atoms with Crippen molar-refractivity contribution in [1.29, 1.82) is 0 Å². The molecule has 0 amide bonds. The van der Waals surface area contributed by atoms with Crippen molar-refractivity contribution in [1.82, 2.24) is 4.98 Å². The van der Waals surface area contributed by atoms with E-state index in [2.05, 4.69) is 17.3 Å². The molecule has 1 aromatic carbocycles. The van der Waals surface area contributed by atoms with Crippen molar-refractivity contribution < 1.29 is 9.47 Å². The first kappa shape index (κ1) is 15.8. The number of aryl methyl sites for hydroxylation is 1. The Morgan fingerprint density at radius 1 is 1.24 bits per heavy atom. The summed E-state index contributed by atoms with van der Waals surface area (Å²) < 4.78 is 11.2. The highest BCUT2D eigenvalue weighted by Crippen LogP contribution is 2.29. The highest BCUT2D eigenvalue weighted by Gasteiger charge is 2.08. The van der Waals surface area contributed by atoms with Crippen LogP contribution in [-0.4, -0.2) is 18.6 Å². The van der Waals surface area contributed by atoms with E-state index in [-0.39, 0.29) is 0 Å². The first-order chi connectivity index (χ1) is 10.3. The molecule has 2 aromatic rings. The van der Waals surface area contributed by atoms with Crippen molar-refractivity contribution in [3.05, 3.63) is 39.8 Å². The zero-order chi connectivity index (χ0) is 15.1. The number of benzene rings is 1. The zero-order valence-corrected chi connectivity index (χ0v) is 13.4. The Kier molecular flexibility index (Phi) is 6.02. The van der Waals surface area contributed by atoms with Gasteiger partial charge in [0.2, 0.25) is 0 Å². The maximum Gasteiger partial charge on any atom is 0.162 e. The van der Waals surface area contributed by atoms with Crippen LogP contribution in [0, 0.1) is 0 Å². The van der Waals surface area contributed by atoms with Gasteiger partial charge in [0.1, 0.15) is 6.61 Å². The maximum atomic E-state index is 5.87. The average Bonchev–Trinajstić information content (AvgIpc) is 2.94. The van der Waals surface area contributed by atoms with Crippen molar-refractivity contribution in [3.8, 4) is 11.5 Å². The number of rotatable bonds is 8. The molecule has 0 fully saturated rings. The van der Waals surface area contributed by atoms with Crippen LogP contribution in [0.15, 0.2) is 23.6 Å². The first-order valence-corrected chi connectivity index (χ1v) is 8.07. The van der Waals surface area contributed by atoms with Crippen LogP contribution in [-0.2, 0) is 19.4 Å². The lowest BCUT2D eigenvalue weighted by Crippen LogP contribution is -2.04. The second-order valence-corrected chi connectivity index (χ2v) is 5.74. The van der Waals surface area contributed by atoms with E-state index < -0.39 is 0 Å². The molecular weight excluding hydrogens is 284 g/mol. The van der Waals surface area contributed by atoms with Gasteiger partial charge in [-0.3, -0.25) is 0 Å². The van der Waals surface area contributed by atoms with E-state index in [4.69, 9.17) is 15.2 Å². The summed E-state index contributed by atoms with van der Waals surface area (Å²) in [6, 6.07) is 5.93. The Balaban J connectivity index is 2.04. The minimum Gasteiger partial charge on any atom is -0.493 e. The third-order valence-corrected chi connectivity index (χ3v) is 4.06. The highest BCUT2D eigenvalue weighted by molar-refractivity contribution is 7.09. The number of hydrogen-bond acceptors (Lipinski definition) is 5. The molecule has 0 aliphatic carbocycles. The van der Waals surface area contributed by atoms with Crippen LogP contribution in [0.25, 0.3) is 0 Å². The van der Waals surface area contributed by atoms with E-state index in [1.54, 1.807) is 18.4 Å². The summed E-state index contributed by atoms with van der Waals surface area (Å²) in [5.74, 6) is 1.48. The van der Waals surface area contributed by atoms with E-state index >= 15 is 0 Å². The maximum absolute atomic E-state index is 5.87. The van der Waals surface area contributed by atoms with Crippen molar-refractivity contribution in [2.24, 2.45) is 5.73 Å². The van der Waals surface area contributed by atoms with Crippen LogP contribution in [0.5, 0.6) is 11.5 Å². The summed E-state index contributed by atoms with van der Waals surface area (Å²) in [5.41, 5.74) is 7.72. The molecule has 0 spiro atoms. The Labute approximate surface area is 129 Å². The molecule has 2 rings (SSSR count). The van der Waals surface area contributed by atoms with Crippen molar-refractivity contribution in [2.45, 2.75) is 32.8 Å². The fourth-order valence-corrected chi connectivity index (χ4v) is 2.94. The molecule has 0 saturated carbocycles. The van der Waals surface area contributed by atoms with Crippen molar-refractivity contribution in [3.63, 3.8) is 0 Å². The lowest BCUT2D eigenvalue weighted by atomic mass is 10.1. The Hall–Kier alpha value is -1.59. The molecule has 0 bridgehead atoms. The fourth-order valence-electron chi connectivity index (χ4n) is 2.05. The second-order valence-electron chi connectivity index (χ2n) is 4.80. The fraction of sp³-hybridized carbons (Fsp3) is 0.438. The molecule has 1 heterocycles. The van der Waals surface area contributed by atoms with Gasteiger partial charge in [0.05, 0.1) is 17.8 Å². The van der Waals surface area contributed by atoms with E-state index in [1.165, 1.54) is 5.01 Å². The van der Waals surface area contributed by atoms with Gasteiger partial charge in [0.25, 0.3) is 0 Å². The normalized spacial score (nSPS) is 10.6. The minimum absolute atomic E-state index is 0.461. The number of nitrogens with two attached hydrogens (primary N) is 1. The lowest BCUT2D eigenvalue weighted by Gasteiger charge is -2.11. The van der Waals surface area contributed by atoms with E-state index in [1.807, 2.05) is 18.2 Å². The number of aromatic nitrogens is 1. The molecule has 4 nitrogen and oxygen atoms in total. The standard InChI is InChI=1S/C16H22N2O2S/c1-3-4-16-18-13(11-21-16)10-20-15-9-12(7-8-17)5-6-14(15)19-2/h5-6,9,11H,3-4,7-8,10,17H2,1-2H3. The van der Waals surface area contributed by atoms with Crippen LogP contribution in [0.3, 0.4) is 0 Å². The molecule has 0 saturated heterocycles. The summed E-state index contributed by atoms with van der Waals surface area (Å²) in [6.45, 7) is 3.24. The Morgan fingerprint density at radius 3 is 2.81 bits per heavy atom. The third kappa shape index (κ3) is 4.44. The number of ether oxygens (including phenoxy) is 2. The monoisotopic (exact) mass is 306 g/mol. The quantitative estimate of drug-likeness (QED) is 0.814. The Morgan fingerprint density at radius 2 is 2.10 bits per heavy atom. The largest absolute Gasteiger partial charge is 0.493 e.